The number of rotatable bonds is 6. The number of carbonyl (C=O) groups is 1. The molecular weight excluding hydrogens is 396 g/mol. The Kier molecular flexibility index (Phi) is 5.53. The van der Waals surface area contributed by atoms with E-state index in [9.17, 15) is 4.79 Å². The zero-order chi connectivity index (χ0) is 18.7. The largest absolute Gasteiger partial charge is 0.397 e. The summed E-state index contributed by atoms with van der Waals surface area (Å²) in [6, 6.07) is 7.48. The minimum Gasteiger partial charge on any atom is -0.397 e. The Hall–Kier alpha value is -2.45. The SMILES string of the molecule is CCN(CC)Cc1cccc(NC(=O)c2[nH]nc3ncc(Br)cc23)c1N. The van der Waals surface area contributed by atoms with Gasteiger partial charge in [-0.1, -0.05) is 26.0 Å². The predicted octanol–water partition coefficient (Wildman–Crippen LogP) is 3.40. The van der Waals surface area contributed by atoms with Crippen LogP contribution in [0.15, 0.2) is 34.9 Å². The lowest BCUT2D eigenvalue weighted by Gasteiger charge is -2.20. The third-order valence-electron chi connectivity index (χ3n) is 4.34. The molecule has 26 heavy (non-hydrogen) atoms. The number of nitrogens with two attached hydrogens (primary N) is 1. The first-order chi connectivity index (χ1) is 12.5. The van der Waals surface area contributed by atoms with Gasteiger partial charge in [-0.25, -0.2) is 4.98 Å². The summed E-state index contributed by atoms with van der Waals surface area (Å²) in [5.41, 5.74) is 9.29. The summed E-state index contributed by atoms with van der Waals surface area (Å²) < 4.78 is 0.779. The average molecular weight is 417 g/mol. The number of aromatic amines is 1. The minimum absolute atomic E-state index is 0.306. The highest BCUT2D eigenvalue weighted by atomic mass is 79.9. The number of hydrogen-bond donors (Lipinski definition) is 3. The van der Waals surface area contributed by atoms with Crippen molar-refractivity contribution in [1.29, 1.82) is 0 Å². The molecule has 0 aliphatic rings. The molecule has 0 aliphatic carbocycles. The summed E-state index contributed by atoms with van der Waals surface area (Å²) >= 11 is 3.36. The molecule has 1 amide bonds. The number of pyridine rings is 1. The van der Waals surface area contributed by atoms with Crippen molar-refractivity contribution in [2.75, 3.05) is 24.1 Å². The third-order valence-corrected chi connectivity index (χ3v) is 4.77. The highest BCUT2D eigenvalue weighted by Gasteiger charge is 2.17. The molecule has 0 unspecified atom stereocenters. The molecule has 0 atom stereocenters. The topological polar surface area (TPSA) is 99.9 Å². The van der Waals surface area contributed by atoms with Crippen LogP contribution in [-0.2, 0) is 6.54 Å². The van der Waals surface area contributed by atoms with Crippen LogP contribution < -0.4 is 11.1 Å². The number of nitrogens with zero attached hydrogens (tertiary/aromatic N) is 3. The van der Waals surface area contributed by atoms with E-state index in [1.54, 1.807) is 18.3 Å². The van der Waals surface area contributed by atoms with E-state index in [1.165, 1.54) is 0 Å². The zero-order valence-electron chi connectivity index (χ0n) is 14.7. The lowest BCUT2D eigenvalue weighted by molar-refractivity contribution is 0.102. The number of halogens is 1. The second-order valence-electron chi connectivity index (χ2n) is 5.92. The number of carbonyl (C=O) groups excluding carboxylic acids is 1. The second kappa shape index (κ2) is 7.84. The standard InChI is InChI=1S/C18H21BrN6O/c1-3-25(4-2)10-11-6-5-7-14(15(11)20)22-18(26)16-13-8-12(19)9-21-17(13)24-23-16/h5-9H,3-4,10,20H2,1-2H3,(H,22,26)(H,21,23,24). The molecule has 1 aromatic carbocycles. The fourth-order valence-corrected chi connectivity index (χ4v) is 3.11. The van der Waals surface area contributed by atoms with Gasteiger partial charge in [-0.2, -0.15) is 5.10 Å². The summed E-state index contributed by atoms with van der Waals surface area (Å²) in [5, 5.41) is 10.3. The average Bonchev–Trinajstić information content (AvgIpc) is 3.05. The van der Waals surface area contributed by atoms with Crippen LogP contribution in [0, 0.1) is 0 Å². The van der Waals surface area contributed by atoms with Gasteiger partial charge in [-0.3, -0.25) is 14.8 Å². The molecule has 0 bridgehead atoms. The molecule has 0 fully saturated rings. The first-order valence-corrected chi connectivity index (χ1v) is 9.23. The number of hydrogen-bond acceptors (Lipinski definition) is 5. The lowest BCUT2D eigenvalue weighted by atomic mass is 10.1. The first kappa shape index (κ1) is 18.3. The Bertz CT molecular complexity index is 935. The van der Waals surface area contributed by atoms with Gasteiger partial charge in [0.05, 0.1) is 16.8 Å². The molecule has 0 saturated heterocycles. The number of amides is 1. The second-order valence-corrected chi connectivity index (χ2v) is 6.83. The smallest absolute Gasteiger partial charge is 0.274 e. The zero-order valence-corrected chi connectivity index (χ0v) is 16.3. The maximum Gasteiger partial charge on any atom is 0.274 e. The maximum atomic E-state index is 12.7. The highest BCUT2D eigenvalue weighted by Crippen LogP contribution is 2.26. The fraction of sp³-hybridized carbons (Fsp3) is 0.278. The molecule has 2 heterocycles. The number of H-pyrrole nitrogens is 1. The van der Waals surface area contributed by atoms with Gasteiger partial charge in [0.1, 0.15) is 5.69 Å². The van der Waals surface area contributed by atoms with Crippen LogP contribution in [0.1, 0.15) is 29.9 Å². The van der Waals surface area contributed by atoms with Crippen LogP contribution >= 0.6 is 15.9 Å². The summed E-state index contributed by atoms with van der Waals surface area (Å²) in [4.78, 5) is 19.1. The molecule has 0 aliphatic heterocycles. The van der Waals surface area contributed by atoms with Gasteiger partial charge in [-0.15, -0.1) is 0 Å². The normalized spacial score (nSPS) is 11.2. The van der Waals surface area contributed by atoms with Gasteiger partial charge >= 0.3 is 0 Å². The Balaban J connectivity index is 1.86. The summed E-state index contributed by atoms with van der Waals surface area (Å²) in [7, 11) is 0. The summed E-state index contributed by atoms with van der Waals surface area (Å²) in [5.74, 6) is -0.306. The van der Waals surface area contributed by atoms with Crippen LogP contribution in [0.2, 0.25) is 0 Å². The van der Waals surface area contributed by atoms with Crippen molar-refractivity contribution < 1.29 is 4.79 Å². The Labute approximate surface area is 160 Å². The monoisotopic (exact) mass is 416 g/mol. The number of benzene rings is 1. The highest BCUT2D eigenvalue weighted by molar-refractivity contribution is 9.10. The van der Waals surface area contributed by atoms with Gasteiger partial charge in [-0.05, 0) is 46.7 Å². The summed E-state index contributed by atoms with van der Waals surface area (Å²) in [6.07, 6.45) is 1.64. The van der Waals surface area contributed by atoms with Gasteiger partial charge in [0.2, 0.25) is 0 Å². The molecule has 3 rings (SSSR count). The molecule has 4 N–H and O–H groups in total. The van der Waals surface area contributed by atoms with Gasteiger partial charge in [0.15, 0.2) is 5.65 Å². The Morgan fingerprint density at radius 3 is 2.85 bits per heavy atom. The van der Waals surface area contributed by atoms with Crippen LogP contribution in [-0.4, -0.2) is 39.1 Å². The quantitative estimate of drug-likeness (QED) is 0.534. The van der Waals surface area contributed by atoms with E-state index in [0.29, 0.717) is 28.1 Å². The van der Waals surface area contributed by atoms with Crippen LogP contribution in [0.25, 0.3) is 11.0 Å². The Morgan fingerprint density at radius 1 is 1.35 bits per heavy atom. The minimum atomic E-state index is -0.306. The van der Waals surface area contributed by atoms with E-state index >= 15 is 0 Å². The van der Waals surface area contributed by atoms with Crippen molar-refractivity contribution in [3.8, 4) is 0 Å². The number of aromatic nitrogens is 3. The van der Waals surface area contributed by atoms with E-state index in [0.717, 1.165) is 29.7 Å². The molecule has 0 radical (unpaired) electrons. The van der Waals surface area contributed by atoms with Gasteiger partial charge in [0.25, 0.3) is 5.91 Å². The molecule has 7 nitrogen and oxygen atoms in total. The fourth-order valence-electron chi connectivity index (χ4n) is 2.78. The van der Waals surface area contributed by atoms with Crippen molar-refractivity contribution in [2.24, 2.45) is 0 Å². The molecular formula is C18H21BrN6O. The Morgan fingerprint density at radius 2 is 2.12 bits per heavy atom. The third kappa shape index (κ3) is 3.71. The molecule has 0 spiro atoms. The number of nitrogen functional groups attached to an aromatic ring is 1. The molecule has 136 valence electrons. The maximum absolute atomic E-state index is 12.7. The van der Waals surface area contributed by atoms with Crippen molar-refractivity contribution >= 4 is 44.2 Å². The molecule has 3 aromatic rings. The van der Waals surface area contributed by atoms with Crippen LogP contribution in [0.5, 0.6) is 0 Å². The number of nitrogens with one attached hydrogen (secondary N) is 2. The van der Waals surface area contributed by atoms with Gasteiger partial charge < -0.3 is 11.1 Å². The molecule has 8 heteroatoms. The van der Waals surface area contributed by atoms with Crippen molar-refractivity contribution in [2.45, 2.75) is 20.4 Å². The number of para-hydroxylation sites is 1. The first-order valence-electron chi connectivity index (χ1n) is 8.44. The summed E-state index contributed by atoms with van der Waals surface area (Å²) in [6.45, 7) is 6.84. The predicted molar refractivity (Wildman–Crippen MR) is 107 cm³/mol. The van der Waals surface area contributed by atoms with Gasteiger partial charge in [0, 0.05) is 17.2 Å². The number of anilines is 2. The van der Waals surface area contributed by atoms with Crippen molar-refractivity contribution in [1.82, 2.24) is 20.1 Å². The van der Waals surface area contributed by atoms with E-state index < -0.39 is 0 Å². The van der Waals surface area contributed by atoms with Crippen LogP contribution in [0.3, 0.4) is 0 Å². The lowest BCUT2D eigenvalue weighted by Crippen LogP contribution is -2.23. The number of fused-ring (bicyclic) bond motifs is 1. The van der Waals surface area contributed by atoms with E-state index in [2.05, 4.69) is 55.2 Å². The van der Waals surface area contributed by atoms with E-state index in [4.69, 9.17) is 5.73 Å². The van der Waals surface area contributed by atoms with E-state index in [1.807, 2.05) is 12.1 Å². The van der Waals surface area contributed by atoms with Crippen LogP contribution in [0.4, 0.5) is 11.4 Å². The molecule has 2 aromatic heterocycles. The van der Waals surface area contributed by atoms with Crippen molar-refractivity contribution in [3.63, 3.8) is 0 Å². The van der Waals surface area contributed by atoms with E-state index in [-0.39, 0.29) is 5.91 Å². The van der Waals surface area contributed by atoms with Crippen molar-refractivity contribution in [3.05, 3.63) is 46.2 Å². The molecule has 0 saturated carbocycles.